The maximum absolute atomic E-state index is 11.9. The molecule has 0 saturated heterocycles. The predicted octanol–water partition coefficient (Wildman–Crippen LogP) is 8.15. The van der Waals surface area contributed by atoms with Crippen LogP contribution in [-0.2, 0) is 33.8 Å². The summed E-state index contributed by atoms with van der Waals surface area (Å²) in [5, 5.41) is 0.726. The van der Waals surface area contributed by atoms with Gasteiger partial charge in [0.15, 0.2) is 0 Å². The zero-order valence-electron chi connectivity index (χ0n) is 25.5. The Kier molecular flexibility index (Phi) is 12.8. The largest absolute Gasteiger partial charge is 0.489 e. The third kappa shape index (κ3) is 10.2. The SMILES string of the molecule is CCOC(=O)CCCCN(CCc1ccccc1OCc1ccc(-c2ccc(Cl)cc2)cc1)Cc1ccc(C(=O)OC)cc1. The Labute approximate surface area is 265 Å². The molecule has 0 fully saturated rings. The van der Waals surface area contributed by atoms with Crippen molar-refractivity contribution in [1.29, 1.82) is 0 Å². The molecular formula is C37H40ClNO5. The number of carbonyl (C=O) groups is 2. The second-order valence-electron chi connectivity index (χ2n) is 10.6. The molecule has 0 aromatic heterocycles. The number of esters is 2. The van der Waals surface area contributed by atoms with Gasteiger partial charge in [0, 0.05) is 24.5 Å². The molecule has 0 aliphatic rings. The van der Waals surface area contributed by atoms with E-state index in [0.717, 1.165) is 77.5 Å². The normalized spacial score (nSPS) is 10.9. The summed E-state index contributed by atoms with van der Waals surface area (Å²) >= 11 is 6.03. The lowest BCUT2D eigenvalue weighted by atomic mass is 10.0. The number of ether oxygens (including phenoxy) is 3. The zero-order chi connectivity index (χ0) is 31.1. The molecule has 0 bridgehead atoms. The highest BCUT2D eigenvalue weighted by Gasteiger charge is 2.12. The van der Waals surface area contributed by atoms with Gasteiger partial charge >= 0.3 is 11.9 Å². The average molecular weight is 614 g/mol. The van der Waals surface area contributed by atoms with E-state index in [2.05, 4.69) is 35.2 Å². The molecule has 0 N–H and O–H groups in total. The number of carbonyl (C=O) groups excluding carboxylic acids is 2. The minimum Gasteiger partial charge on any atom is -0.489 e. The Balaban J connectivity index is 1.37. The Morgan fingerprint density at radius 3 is 2.11 bits per heavy atom. The van der Waals surface area contributed by atoms with Gasteiger partial charge in [0.25, 0.3) is 0 Å². The van der Waals surface area contributed by atoms with Crippen molar-refractivity contribution >= 4 is 23.5 Å². The van der Waals surface area contributed by atoms with Gasteiger partial charge in [-0.1, -0.05) is 78.3 Å². The van der Waals surface area contributed by atoms with Crippen molar-refractivity contribution in [2.45, 2.75) is 45.8 Å². The third-order valence-electron chi connectivity index (χ3n) is 7.39. The molecule has 4 aromatic carbocycles. The summed E-state index contributed by atoms with van der Waals surface area (Å²) in [5.74, 6) is 0.378. The number of para-hydroxylation sites is 1. The minimum atomic E-state index is -0.346. The van der Waals surface area contributed by atoms with Crippen LogP contribution < -0.4 is 4.74 Å². The van der Waals surface area contributed by atoms with Gasteiger partial charge in [0.2, 0.25) is 0 Å². The number of rotatable bonds is 16. The lowest BCUT2D eigenvalue weighted by molar-refractivity contribution is -0.143. The van der Waals surface area contributed by atoms with Crippen LogP contribution in [0.2, 0.25) is 5.02 Å². The lowest BCUT2D eigenvalue weighted by Crippen LogP contribution is -2.27. The van der Waals surface area contributed by atoms with Gasteiger partial charge in [-0.25, -0.2) is 4.79 Å². The fourth-order valence-corrected chi connectivity index (χ4v) is 5.08. The van der Waals surface area contributed by atoms with E-state index in [9.17, 15) is 9.59 Å². The Hall–Kier alpha value is -4.13. The number of nitrogens with zero attached hydrogens (tertiary/aromatic N) is 1. The van der Waals surface area contributed by atoms with Crippen molar-refractivity contribution in [3.63, 3.8) is 0 Å². The molecule has 4 rings (SSSR count). The summed E-state index contributed by atoms with van der Waals surface area (Å²) in [6, 6.07) is 31.9. The van der Waals surface area contributed by atoms with Crippen LogP contribution in [-0.4, -0.2) is 43.6 Å². The molecule has 230 valence electrons. The van der Waals surface area contributed by atoms with Gasteiger partial charge in [0.1, 0.15) is 12.4 Å². The van der Waals surface area contributed by atoms with Crippen molar-refractivity contribution < 1.29 is 23.8 Å². The number of hydrogen-bond acceptors (Lipinski definition) is 6. The molecule has 0 unspecified atom stereocenters. The first-order chi connectivity index (χ1) is 21.4. The molecule has 0 aliphatic carbocycles. The smallest absolute Gasteiger partial charge is 0.337 e. The molecule has 0 amide bonds. The molecular weight excluding hydrogens is 574 g/mol. The molecule has 0 atom stereocenters. The molecule has 0 heterocycles. The van der Waals surface area contributed by atoms with Crippen LogP contribution in [0.25, 0.3) is 11.1 Å². The molecule has 6 nitrogen and oxygen atoms in total. The zero-order valence-corrected chi connectivity index (χ0v) is 26.2. The topological polar surface area (TPSA) is 65.1 Å². The summed E-state index contributed by atoms with van der Waals surface area (Å²) in [5.41, 5.74) is 6.13. The van der Waals surface area contributed by atoms with Gasteiger partial charge in [-0.3, -0.25) is 9.69 Å². The van der Waals surface area contributed by atoms with Crippen LogP contribution >= 0.6 is 11.6 Å². The quantitative estimate of drug-likeness (QED) is 0.0938. The van der Waals surface area contributed by atoms with Gasteiger partial charge in [-0.05, 0) is 90.9 Å². The minimum absolute atomic E-state index is 0.150. The van der Waals surface area contributed by atoms with E-state index >= 15 is 0 Å². The monoisotopic (exact) mass is 613 g/mol. The third-order valence-corrected chi connectivity index (χ3v) is 7.64. The van der Waals surface area contributed by atoms with Crippen LogP contribution in [0.15, 0.2) is 97.1 Å². The van der Waals surface area contributed by atoms with E-state index in [1.165, 1.54) is 7.11 Å². The highest BCUT2D eigenvalue weighted by molar-refractivity contribution is 6.30. The lowest BCUT2D eigenvalue weighted by Gasteiger charge is -2.23. The second kappa shape index (κ2) is 17.2. The maximum Gasteiger partial charge on any atom is 0.337 e. The number of benzene rings is 4. The first-order valence-electron chi connectivity index (χ1n) is 15.1. The fraction of sp³-hybridized carbons (Fsp3) is 0.297. The summed E-state index contributed by atoms with van der Waals surface area (Å²) in [6.45, 7) is 5.08. The molecule has 4 aromatic rings. The van der Waals surface area contributed by atoms with Gasteiger partial charge < -0.3 is 14.2 Å². The van der Waals surface area contributed by atoms with Gasteiger partial charge in [-0.2, -0.15) is 0 Å². The summed E-state index contributed by atoms with van der Waals surface area (Å²) in [7, 11) is 1.38. The highest BCUT2D eigenvalue weighted by Crippen LogP contribution is 2.24. The van der Waals surface area contributed by atoms with E-state index in [4.69, 9.17) is 25.8 Å². The fourth-order valence-electron chi connectivity index (χ4n) is 4.96. The van der Waals surface area contributed by atoms with Crippen LogP contribution in [0, 0.1) is 0 Å². The Morgan fingerprint density at radius 2 is 1.43 bits per heavy atom. The number of hydrogen-bond donors (Lipinski definition) is 0. The molecule has 0 saturated carbocycles. The number of methoxy groups -OCH3 is 1. The second-order valence-corrected chi connectivity index (χ2v) is 11.0. The molecule has 44 heavy (non-hydrogen) atoms. The summed E-state index contributed by atoms with van der Waals surface area (Å²) < 4.78 is 16.2. The van der Waals surface area contributed by atoms with E-state index < -0.39 is 0 Å². The summed E-state index contributed by atoms with van der Waals surface area (Å²) in [4.78, 5) is 26.0. The van der Waals surface area contributed by atoms with E-state index in [1.807, 2.05) is 61.5 Å². The molecule has 0 radical (unpaired) electrons. The van der Waals surface area contributed by atoms with Crippen LogP contribution in [0.5, 0.6) is 5.75 Å². The van der Waals surface area contributed by atoms with Crippen molar-refractivity contribution in [3.8, 4) is 16.9 Å². The van der Waals surface area contributed by atoms with Gasteiger partial charge in [0.05, 0.1) is 19.3 Å². The molecule has 0 aliphatic heterocycles. The Morgan fingerprint density at radius 1 is 0.773 bits per heavy atom. The van der Waals surface area contributed by atoms with Crippen molar-refractivity contribution in [1.82, 2.24) is 4.90 Å². The molecule has 7 heteroatoms. The van der Waals surface area contributed by atoms with Crippen molar-refractivity contribution in [2.24, 2.45) is 0 Å². The predicted molar refractivity (Wildman–Crippen MR) is 175 cm³/mol. The first kappa shape index (κ1) is 32.8. The molecule has 0 spiro atoms. The average Bonchev–Trinajstić information content (AvgIpc) is 3.05. The van der Waals surface area contributed by atoms with E-state index in [-0.39, 0.29) is 11.9 Å². The van der Waals surface area contributed by atoms with Gasteiger partial charge in [-0.15, -0.1) is 0 Å². The van der Waals surface area contributed by atoms with Crippen LogP contribution in [0.1, 0.15) is 53.2 Å². The van der Waals surface area contributed by atoms with Crippen molar-refractivity contribution in [2.75, 3.05) is 26.8 Å². The van der Waals surface area contributed by atoms with Crippen molar-refractivity contribution in [3.05, 3.63) is 124 Å². The van der Waals surface area contributed by atoms with E-state index in [1.54, 1.807) is 12.1 Å². The first-order valence-corrected chi connectivity index (χ1v) is 15.4. The van der Waals surface area contributed by atoms with Crippen LogP contribution in [0.3, 0.4) is 0 Å². The standard InChI is InChI=1S/C37H40ClNO5/c1-3-43-36(40)10-6-7-24-39(26-28-11-17-33(18-12-28)37(41)42-2)25-23-32-8-4-5-9-35(32)44-27-29-13-15-30(16-14-29)31-19-21-34(38)22-20-31/h4-5,8-9,11-22H,3,6-7,10,23-27H2,1-2H3. The maximum atomic E-state index is 11.9. The number of unbranched alkanes of at least 4 members (excludes halogenated alkanes) is 1. The summed E-state index contributed by atoms with van der Waals surface area (Å²) in [6.07, 6.45) is 2.88. The number of halogens is 1. The van der Waals surface area contributed by atoms with Crippen LogP contribution in [0.4, 0.5) is 0 Å². The Bertz CT molecular complexity index is 1470. The highest BCUT2D eigenvalue weighted by atomic mass is 35.5. The van der Waals surface area contributed by atoms with E-state index in [0.29, 0.717) is 25.2 Å².